The van der Waals surface area contributed by atoms with E-state index in [1.165, 1.54) is 6.92 Å². The minimum atomic E-state index is -0.125. The number of nitrogens with one attached hydrogen (secondary N) is 3. The second-order valence-electron chi connectivity index (χ2n) is 5.80. The standard InChI is InChI=1S/C19H21N5O2/c1-13(26)21-14-6-4-7-15(12-14)22-19-23-17-9-3-2-8-16(17)18(24-19)20-10-5-11-25/h2-4,6-9,12,25H,5,10-11H2,1H3,(H,21,26)(H2,20,22,23,24). The summed E-state index contributed by atoms with van der Waals surface area (Å²) in [7, 11) is 0. The minimum absolute atomic E-state index is 0.122. The van der Waals surface area contributed by atoms with E-state index in [0.29, 0.717) is 30.4 Å². The summed E-state index contributed by atoms with van der Waals surface area (Å²) < 4.78 is 0. The molecule has 4 N–H and O–H groups in total. The smallest absolute Gasteiger partial charge is 0.229 e. The number of rotatable bonds is 7. The summed E-state index contributed by atoms with van der Waals surface area (Å²) in [5.41, 5.74) is 2.28. The van der Waals surface area contributed by atoms with Crippen LogP contribution < -0.4 is 16.0 Å². The molecule has 0 unspecified atom stereocenters. The lowest BCUT2D eigenvalue weighted by Crippen LogP contribution is -2.08. The number of anilines is 4. The summed E-state index contributed by atoms with van der Waals surface area (Å²) in [6.07, 6.45) is 0.639. The number of para-hydroxylation sites is 1. The maximum Gasteiger partial charge on any atom is 0.229 e. The molecule has 1 aromatic heterocycles. The summed E-state index contributed by atoms with van der Waals surface area (Å²) in [6.45, 7) is 2.21. The summed E-state index contributed by atoms with van der Waals surface area (Å²) in [5.74, 6) is 1.04. The van der Waals surface area contributed by atoms with Gasteiger partial charge >= 0.3 is 0 Å². The van der Waals surface area contributed by atoms with Gasteiger partial charge in [0.25, 0.3) is 0 Å². The van der Waals surface area contributed by atoms with E-state index >= 15 is 0 Å². The van der Waals surface area contributed by atoms with Gasteiger partial charge in [0.2, 0.25) is 11.9 Å². The zero-order valence-corrected chi connectivity index (χ0v) is 14.5. The molecule has 0 spiro atoms. The molecule has 1 heterocycles. The van der Waals surface area contributed by atoms with Gasteiger partial charge in [-0.1, -0.05) is 18.2 Å². The average molecular weight is 351 g/mol. The molecule has 7 nitrogen and oxygen atoms in total. The number of benzene rings is 2. The number of carbonyl (C=O) groups excluding carboxylic acids is 1. The van der Waals surface area contributed by atoms with Gasteiger partial charge in [-0.25, -0.2) is 4.98 Å². The Balaban J connectivity index is 1.89. The van der Waals surface area contributed by atoms with Crippen molar-refractivity contribution in [2.24, 2.45) is 0 Å². The van der Waals surface area contributed by atoms with Crippen molar-refractivity contribution in [1.82, 2.24) is 9.97 Å². The summed E-state index contributed by atoms with van der Waals surface area (Å²) >= 11 is 0. The first-order valence-electron chi connectivity index (χ1n) is 8.42. The van der Waals surface area contributed by atoms with E-state index < -0.39 is 0 Å². The highest BCUT2D eigenvalue weighted by Gasteiger charge is 2.08. The van der Waals surface area contributed by atoms with Crippen molar-refractivity contribution in [1.29, 1.82) is 0 Å². The molecular weight excluding hydrogens is 330 g/mol. The molecule has 0 radical (unpaired) electrons. The van der Waals surface area contributed by atoms with Crippen LogP contribution in [-0.4, -0.2) is 34.1 Å². The third kappa shape index (κ3) is 4.46. The van der Waals surface area contributed by atoms with E-state index in [-0.39, 0.29) is 12.5 Å². The van der Waals surface area contributed by atoms with E-state index in [4.69, 9.17) is 5.11 Å². The molecule has 3 rings (SSSR count). The van der Waals surface area contributed by atoms with Crippen LogP contribution in [0.1, 0.15) is 13.3 Å². The van der Waals surface area contributed by atoms with Crippen LogP contribution in [0.4, 0.5) is 23.1 Å². The highest BCUT2D eigenvalue weighted by atomic mass is 16.3. The maximum absolute atomic E-state index is 11.2. The van der Waals surface area contributed by atoms with Gasteiger partial charge in [0.05, 0.1) is 5.52 Å². The number of aliphatic hydroxyl groups is 1. The monoisotopic (exact) mass is 351 g/mol. The van der Waals surface area contributed by atoms with Gasteiger partial charge in [0.15, 0.2) is 0 Å². The van der Waals surface area contributed by atoms with Gasteiger partial charge in [0.1, 0.15) is 5.82 Å². The van der Waals surface area contributed by atoms with Gasteiger partial charge in [0, 0.05) is 36.8 Å². The van der Waals surface area contributed by atoms with Crippen LogP contribution in [0.15, 0.2) is 48.5 Å². The molecule has 0 aliphatic carbocycles. The zero-order valence-electron chi connectivity index (χ0n) is 14.5. The molecule has 2 aromatic carbocycles. The predicted molar refractivity (Wildman–Crippen MR) is 104 cm³/mol. The topological polar surface area (TPSA) is 99.2 Å². The molecule has 134 valence electrons. The van der Waals surface area contributed by atoms with E-state index in [1.807, 2.05) is 48.5 Å². The molecule has 0 fully saturated rings. The first kappa shape index (κ1) is 17.6. The third-order valence-electron chi connectivity index (χ3n) is 3.67. The van der Waals surface area contributed by atoms with Crippen molar-refractivity contribution < 1.29 is 9.90 Å². The summed E-state index contributed by atoms with van der Waals surface area (Å²) in [4.78, 5) is 20.3. The van der Waals surface area contributed by atoms with Crippen LogP contribution in [0.2, 0.25) is 0 Å². The highest BCUT2D eigenvalue weighted by molar-refractivity contribution is 5.91. The Hall–Kier alpha value is -3.19. The number of amides is 1. The molecule has 0 atom stereocenters. The van der Waals surface area contributed by atoms with Crippen LogP contribution in [0.25, 0.3) is 10.9 Å². The van der Waals surface area contributed by atoms with Crippen molar-refractivity contribution in [3.63, 3.8) is 0 Å². The zero-order chi connectivity index (χ0) is 18.4. The average Bonchev–Trinajstić information content (AvgIpc) is 2.61. The van der Waals surface area contributed by atoms with Crippen molar-refractivity contribution >= 4 is 40.0 Å². The molecule has 0 aliphatic heterocycles. The lowest BCUT2D eigenvalue weighted by Gasteiger charge is -2.12. The number of aliphatic hydroxyl groups excluding tert-OH is 1. The van der Waals surface area contributed by atoms with E-state index in [0.717, 1.165) is 16.6 Å². The SMILES string of the molecule is CC(=O)Nc1cccc(Nc2nc(NCCCO)c3ccccc3n2)c1. The molecule has 26 heavy (non-hydrogen) atoms. The maximum atomic E-state index is 11.2. The first-order chi connectivity index (χ1) is 12.7. The normalized spacial score (nSPS) is 10.5. The molecule has 0 aliphatic rings. The fraction of sp³-hybridized carbons (Fsp3) is 0.211. The minimum Gasteiger partial charge on any atom is -0.396 e. The van der Waals surface area contributed by atoms with Gasteiger partial charge in [-0.3, -0.25) is 4.79 Å². The molecular formula is C19H21N5O2. The molecule has 0 saturated heterocycles. The Morgan fingerprint density at radius 1 is 1.08 bits per heavy atom. The Kier molecular flexibility index (Phi) is 5.60. The Morgan fingerprint density at radius 2 is 1.88 bits per heavy atom. The van der Waals surface area contributed by atoms with Crippen molar-refractivity contribution in [3.8, 4) is 0 Å². The van der Waals surface area contributed by atoms with Crippen LogP contribution in [0, 0.1) is 0 Å². The third-order valence-corrected chi connectivity index (χ3v) is 3.67. The number of hydrogen-bond acceptors (Lipinski definition) is 6. The van der Waals surface area contributed by atoms with Gasteiger partial charge < -0.3 is 21.1 Å². The number of aromatic nitrogens is 2. The van der Waals surface area contributed by atoms with Crippen molar-refractivity contribution in [2.45, 2.75) is 13.3 Å². The van der Waals surface area contributed by atoms with Crippen LogP contribution in [0.5, 0.6) is 0 Å². The fourth-order valence-corrected chi connectivity index (χ4v) is 2.56. The second kappa shape index (κ2) is 8.26. The van der Waals surface area contributed by atoms with Crippen molar-refractivity contribution in [2.75, 3.05) is 29.1 Å². The molecule has 0 saturated carbocycles. The number of hydrogen-bond donors (Lipinski definition) is 4. The predicted octanol–water partition coefficient (Wildman–Crippen LogP) is 3.13. The number of carbonyl (C=O) groups is 1. The number of nitrogens with zero attached hydrogens (tertiary/aromatic N) is 2. The molecule has 0 bridgehead atoms. The first-order valence-corrected chi connectivity index (χ1v) is 8.42. The Bertz CT molecular complexity index is 913. The molecule has 3 aromatic rings. The van der Waals surface area contributed by atoms with Gasteiger partial charge in [-0.15, -0.1) is 0 Å². The van der Waals surface area contributed by atoms with Crippen molar-refractivity contribution in [3.05, 3.63) is 48.5 Å². The highest BCUT2D eigenvalue weighted by Crippen LogP contribution is 2.24. The summed E-state index contributed by atoms with van der Waals surface area (Å²) in [5, 5.41) is 19.1. The fourth-order valence-electron chi connectivity index (χ4n) is 2.56. The largest absolute Gasteiger partial charge is 0.396 e. The quantitative estimate of drug-likeness (QED) is 0.488. The Labute approximate surface area is 151 Å². The van der Waals surface area contributed by atoms with E-state index in [2.05, 4.69) is 25.9 Å². The number of fused-ring (bicyclic) bond motifs is 1. The van der Waals surface area contributed by atoms with E-state index in [1.54, 1.807) is 0 Å². The van der Waals surface area contributed by atoms with Gasteiger partial charge in [-0.05, 0) is 36.8 Å². The second-order valence-corrected chi connectivity index (χ2v) is 5.80. The van der Waals surface area contributed by atoms with E-state index in [9.17, 15) is 4.79 Å². The molecule has 7 heteroatoms. The lowest BCUT2D eigenvalue weighted by molar-refractivity contribution is -0.114. The van der Waals surface area contributed by atoms with Crippen LogP contribution >= 0.6 is 0 Å². The molecule has 1 amide bonds. The van der Waals surface area contributed by atoms with Crippen LogP contribution in [-0.2, 0) is 4.79 Å². The Morgan fingerprint density at radius 3 is 2.69 bits per heavy atom. The van der Waals surface area contributed by atoms with Gasteiger partial charge in [-0.2, -0.15) is 4.98 Å². The lowest BCUT2D eigenvalue weighted by atomic mass is 10.2. The van der Waals surface area contributed by atoms with Crippen LogP contribution in [0.3, 0.4) is 0 Å². The summed E-state index contributed by atoms with van der Waals surface area (Å²) in [6, 6.07) is 15.1.